The van der Waals surface area contributed by atoms with Gasteiger partial charge in [0.25, 0.3) is 0 Å². The van der Waals surface area contributed by atoms with Gasteiger partial charge in [-0.05, 0) is 37.0 Å². The Morgan fingerprint density at radius 2 is 1.79 bits per heavy atom. The van der Waals surface area contributed by atoms with Crippen molar-refractivity contribution in [2.45, 2.75) is 32.7 Å². The van der Waals surface area contributed by atoms with E-state index in [4.69, 9.17) is 28.9 Å². The highest BCUT2D eigenvalue weighted by Gasteiger charge is 2.07. The molecule has 0 aliphatic heterocycles. The molecule has 0 spiro atoms. The average molecular weight is 232 g/mol. The predicted molar refractivity (Wildman–Crippen MR) is 63.2 cm³/mol. The van der Waals surface area contributed by atoms with Crippen LogP contribution in [0.1, 0.15) is 25.0 Å². The lowest BCUT2D eigenvalue weighted by Crippen LogP contribution is -2.18. The smallest absolute Gasteiger partial charge is 0.0453 e. The summed E-state index contributed by atoms with van der Waals surface area (Å²) in [5.74, 6) is 0. The summed E-state index contributed by atoms with van der Waals surface area (Å²) < 4.78 is 0. The zero-order valence-corrected chi connectivity index (χ0v) is 9.99. The normalized spacial score (nSPS) is 12.9. The van der Waals surface area contributed by atoms with Crippen LogP contribution in [0, 0.1) is 0 Å². The number of hydrogen-bond donors (Lipinski definition) is 1. The van der Waals surface area contributed by atoms with Gasteiger partial charge in [-0.25, -0.2) is 0 Å². The number of rotatable bonds is 3. The zero-order valence-electron chi connectivity index (χ0n) is 8.48. The van der Waals surface area contributed by atoms with Crippen LogP contribution in [0.5, 0.6) is 0 Å². The summed E-state index contributed by atoms with van der Waals surface area (Å²) in [6.07, 6.45) is 1.71. The van der Waals surface area contributed by atoms with Gasteiger partial charge in [-0.3, -0.25) is 0 Å². The minimum Gasteiger partial charge on any atom is -0.328 e. The quantitative estimate of drug-likeness (QED) is 0.848. The molecule has 1 rings (SSSR count). The van der Waals surface area contributed by atoms with Crippen molar-refractivity contribution in [2.24, 2.45) is 5.73 Å². The van der Waals surface area contributed by atoms with Crippen molar-refractivity contribution >= 4 is 23.2 Å². The van der Waals surface area contributed by atoms with Gasteiger partial charge >= 0.3 is 0 Å². The molecular weight excluding hydrogens is 217 g/mol. The van der Waals surface area contributed by atoms with Gasteiger partial charge in [-0.2, -0.15) is 0 Å². The van der Waals surface area contributed by atoms with Crippen LogP contribution in [-0.4, -0.2) is 6.04 Å². The topological polar surface area (TPSA) is 26.0 Å². The summed E-state index contributed by atoms with van der Waals surface area (Å²) in [6.45, 7) is 4.04. The van der Waals surface area contributed by atoms with Gasteiger partial charge in [0.05, 0.1) is 0 Å². The highest BCUT2D eigenvalue weighted by molar-refractivity contribution is 6.35. The third-order valence-corrected chi connectivity index (χ3v) is 2.84. The molecule has 0 aliphatic carbocycles. The lowest BCUT2D eigenvalue weighted by atomic mass is 10.0. The Bertz CT molecular complexity index is 321. The van der Waals surface area contributed by atoms with Crippen LogP contribution in [-0.2, 0) is 12.8 Å². The van der Waals surface area contributed by atoms with Crippen LogP contribution in [0.25, 0.3) is 0 Å². The predicted octanol–water partition coefficient (Wildman–Crippen LogP) is 3.45. The fraction of sp³-hybridized carbons (Fsp3) is 0.455. The van der Waals surface area contributed by atoms with Gasteiger partial charge in [0, 0.05) is 16.1 Å². The highest BCUT2D eigenvalue weighted by atomic mass is 35.5. The summed E-state index contributed by atoms with van der Waals surface area (Å²) in [7, 11) is 0. The molecule has 0 saturated heterocycles. The molecule has 1 nitrogen and oxygen atoms in total. The Balaban J connectivity index is 3.04. The summed E-state index contributed by atoms with van der Waals surface area (Å²) in [4.78, 5) is 0. The van der Waals surface area contributed by atoms with Gasteiger partial charge < -0.3 is 5.73 Å². The molecule has 14 heavy (non-hydrogen) atoms. The summed E-state index contributed by atoms with van der Waals surface area (Å²) >= 11 is 12.1. The number of halogens is 2. The van der Waals surface area contributed by atoms with Crippen molar-refractivity contribution in [1.29, 1.82) is 0 Å². The standard InChI is InChI=1S/C11H15Cl2N/c1-3-8-5-9(4-7(2)14)11(13)6-10(8)12/h5-7H,3-4,14H2,1-2H3. The number of benzene rings is 1. The van der Waals surface area contributed by atoms with Gasteiger partial charge in [-0.15, -0.1) is 0 Å². The molecular formula is C11H15Cl2N. The van der Waals surface area contributed by atoms with E-state index < -0.39 is 0 Å². The second-order valence-corrected chi connectivity index (χ2v) is 4.38. The Morgan fingerprint density at radius 1 is 1.21 bits per heavy atom. The number of hydrogen-bond acceptors (Lipinski definition) is 1. The second kappa shape index (κ2) is 5.01. The molecule has 0 aliphatic rings. The minimum absolute atomic E-state index is 0.124. The van der Waals surface area contributed by atoms with Crippen molar-refractivity contribution in [3.05, 3.63) is 33.3 Å². The van der Waals surface area contributed by atoms with Crippen LogP contribution in [0.4, 0.5) is 0 Å². The van der Waals surface area contributed by atoms with Crippen molar-refractivity contribution in [3.63, 3.8) is 0 Å². The highest BCUT2D eigenvalue weighted by Crippen LogP contribution is 2.26. The Morgan fingerprint density at radius 3 is 2.29 bits per heavy atom. The maximum absolute atomic E-state index is 6.06. The fourth-order valence-electron chi connectivity index (χ4n) is 1.42. The van der Waals surface area contributed by atoms with Crippen LogP contribution in [0.3, 0.4) is 0 Å². The molecule has 1 unspecified atom stereocenters. The maximum atomic E-state index is 6.06. The molecule has 0 aromatic heterocycles. The Kier molecular flexibility index (Phi) is 4.24. The molecule has 0 radical (unpaired) electrons. The lowest BCUT2D eigenvalue weighted by Gasteiger charge is -2.10. The first-order valence-electron chi connectivity index (χ1n) is 4.77. The number of nitrogens with two attached hydrogens (primary N) is 1. The third-order valence-electron chi connectivity index (χ3n) is 2.14. The van der Waals surface area contributed by atoms with Crippen LogP contribution in [0.15, 0.2) is 12.1 Å². The Labute approximate surface area is 95.2 Å². The van der Waals surface area contributed by atoms with Crippen LogP contribution >= 0.6 is 23.2 Å². The molecule has 78 valence electrons. The molecule has 0 fully saturated rings. The van der Waals surface area contributed by atoms with Crippen molar-refractivity contribution < 1.29 is 0 Å². The third kappa shape index (κ3) is 2.88. The summed E-state index contributed by atoms with van der Waals surface area (Å²) in [5, 5.41) is 1.45. The van der Waals surface area contributed by atoms with Crippen molar-refractivity contribution in [2.75, 3.05) is 0 Å². The molecule has 0 bridgehead atoms. The van der Waals surface area contributed by atoms with E-state index in [2.05, 4.69) is 6.92 Å². The second-order valence-electron chi connectivity index (χ2n) is 3.57. The first kappa shape index (κ1) is 11.8. The van der Waals surface area contributed by atoms with Crippen LogP contribution in [0.2, 0.25) is 10.0 Å². The molecule has 0 saturated carbocycles. The van der Waals surface area contributed by atoms with Crippen molar-refractivity contribution in [3.8, 4) is 0 Å². The summed E-state index contributed by atoms with van der Waals surface area (Å²) in [6, 6.07) is 3.98. The zero-order chi connectivity index (χ0) is 10.7. The van der Waals surface area contributed by atoms with E-state index in [1.165, 1.54) is 0 Å². The van der Waals surface area contributed by atoms with Gasteiger partial charge in [0.1, 0.15) is 0 Å². The van der Waals surface area contributed by atoms with E-state index >= 15 is 0 Å². The average Bonchev–Trinajstić information content (AvgIpc) is 2.09. The first-order valence-corrected chi connectivity index (χ1v) is 5.52. The lowest BCUT2D eigenvalue weighted by molar-refractivity contribution is 0.737. The summed E-state index contributed by atoms with van der Waals surface area (Å²) in [5.41, 5.74) is 7.95. The van der Waals surface area contributed by atoms with E-state index in [0.29, 0.717) is 5.02 Å². The van der Waals surface area contributed by atoms with Gasteiger partial charge in [-0.1, -0.05) is 36.2 Å². The molecule has 3 heteroatoms. The molecule has 1 aromatic carbocycles. The maximum Gasteiger partial charge on any atom is 0.0453 e. The molecule has 2 N–H and O–H groups in total. The molecule has 1 aromatic rings. The minimum atomic E-state index is 0.124. The van der Waals surface area contributed by atoms with E-state index in [-0.39, 0.29) is 6.04 Å². The SMILES string of the molecule is CCc1cc(CC(C)N)c(Cl)cc1Cl. The van der Waals surface area contributed by atoms with E-state index in [9.17, 15) is 0 Å². The number of aryl methyl sites for hydroxylation is 1. The van der Waals surface area contributed by atoms with E-state index in [1.54, 1.807) is 6.07 Å². The monoisotopic (exact) mass is 231 g/mol. The first-order chi connectivity index (χ1) is 6.54. The van der Waals surface area contributed by atoms with Crippen LogP contribution < -0.4 is 5.73 Å². The van der Waals surface area contributed by atoms with E-state index in [1.807, 2.05) is 13.0 Å². The van der Waals surface area contributed by atoms with E-state index in [0.717, 1.165) is 29.0 Å². The molecule has 1 atom stereocenters. The molecule has 0 amide bonds. The largest absolute Gasteiger partial charge is 0.328 e. The van der Waals surface area contributed by atoms with Gasteiger partial charge in [0.2, 0.25) is 0 Å². The Hall–Kier alpha value is -0.240. The fourth-order valence-corrected chi connectivity index (χ4v) is 2.01. The van der Waals surface area contributed by atoms with Gasteiger partial charge in [0.15, 0.2) is 0 Å². The molecule has 0 heterocycles. The van der Waals surface area contributed by atoms with Crippen molar-refractivity contribution in [1.82, 2.24) is 0 Å².